The van der Waals surface area contributed by atoms with Crippen molar-refractivity contribution in [2.24, 2.45) is 0 Å². The highest BCUT2D eigenvalue weighted by Gasteiger charge is 2.18. The summed E-state index contributed by atoms with van der Waals surface area (Å²) in [5, 5.41) is 14.3. The maximum atomic E-state index is 11.2. The van der Waals surface area contributed by atoms with Crippen LogP contribution < -0.4 is 10.1 Å². The number of pyridine rings is 1. The van der Waals surface area contributed by atoms with Gasteiger partial charge in [-0.25, -0.2) is 4.98 Å². The summed E-state index contributed by atoms with van der Waals surface area (Å²) < 4.78 is 11.9. The quantitative estimate of drug-likeness (QED) is 0.420. The lowest BCUT2D eigenvalue weighted by atomic mass is 10.2. The van der Waals surface area contributed by atoms with Crippen LogP contribution in [-0.2, 0) is 11.3 Å². The van der Waals surface area contributed by atoms with Crippen LogP contribution in [0.3, 0.4) is 0 Å². The summed E-state index contributed by atoms with van der Waals surface area (Å²) >= 11 is 2.06. The molecule has 1 saturated heterocycles. The van der Waals surface area contributed by atoms with Crippen LogP contribution in [0, 0.1) is 13.7 Å². The van der Waals surface area contributed by atoms with E-state index in [1.54, 1.807) is 18.3 Å². The number of hydrogen-bond donors (Lipinski definition) is 1. The van der Waals surface area contributed by atoms with E-state index in [0.29, 0.717) is 31.3 Å². The van der Waals surface area contributed by atoms with Crippen LogP contribution in [0.4, 0.5) is 11.4 Å². The summed E-state index contributed by atoms with van der Waals surface area (Å²) in [7, 11) is 0. The molecular formula is C16H16IN3O4. The molecule has 1 fully saturated rings. The normalized spacial score (nSPS) is 16.8. The Balaban J connectivity index is 1.67. The number of halogens is 1. The molecule has 0 radical (unpaired) electrons. The summed E-state index contributed by atoms with van der Waals surface area (Å²) in [6.07, 6.45) is 2.57. The van der Waals surface area contributed by atoms with E-state index >= 15 is 0 Å². The summed E-state index contributed by atoms with van der Waals surface area (Å²) in [5.41, 5.74) is 1.49. The average molecular weight is 441 g/mol. The molecule has 1 aliphatic rings. The lowest BCUT2D eigenvalue weighted by Gasteiger charge is -2.12. The predicted octanol–water partition coefficient (Wildman–Crippen LogP) is 3.37. The number of nitrogens with zero attached hydrogens (tertiary/aromatic N) is 2. The van der Waals surface area contributed by atoms with Crippen molar-refractivity contribution in [2.45, 2.75) is 19.1 Å². The van der Waals surface area contributed by atoms with Crippen LogP contribution >= 0.6 is 22.6 Å². The SMILES string of the molecule is O=[N+]([O-])c1cc(I)ccc1NCc1ccnc(OC2CCOC2)c1. The average Bonchev–Trinajstić information content (AvgIpc) is 3.07. The number of rotatable bonds is 6. The van der Waals surface area contributed by atoms with Crippen molar-refractivity contribution in [3.63, 3.8) is 0 Å². The van der Waals surface area contributed by atoms with Gasteiger partial charge in [0, 0.05) is 34.9 Å². The first kappa shape index (κ1) is 16.9. The lowest BCUT2D eigenvalue weighted by Crippen LogP contribution is -2.16. The number of nitro benzene ring substituents is 1. The molecular weight excluding hydrogens is 425 g/mol. The first-order valence-electron chi connectivity index (χ1n) is 7.49. The Kier molecular flexibility index (Phi) is 5.46. The monoisotopic (exact) mass is 441 g/mol. The fourth-order valence-electron chi connectivity index (χ4n) is 2.40. The molecule has 1 unspecified atom stereocenters. The molecule has 2 heterocycles. The molecule has 0 bridgehead atoms. The minimum absolute atomic E-state index is 0.0398. The van der Waals surface area contributed by atoms with Crippen LogP contribution in [0.2, 0.25) is 0 Å². The fraction of sp³-hybridized carbons (Fsp3) is 0.312. The Hall–Kier alpha value is -1.94. The molecule has 1 N–H and O–H groups in total. The van der Waals surface area contributed by atoms with E-state index in [1.165, 1.54) is 0 Å². The summed E-state index contributed by atoms with van der Waals surface area (Å²) in [4.78, 5) is 15.0. The molecule has 126 valence electrons. The van der Waals surface area contributed by atoms with Gasteiger partial charge in [-0.2, -0.15) is 0 Å². The maximum Gasteiger partial charge on any atom is 0.293 e. The smallest absolute Gasteiger partial charge is 0.293 e. The van der Waals surface area contributed by atoms with Gasteiger partial charge >= 0.3 is 0 Å². The second-order valence-corrected chi connectivity index (χ2v) is 6.62. The highest BCUT2D eigenvalue weighted by atomic mass is 127. The van der Waals surface area contributed by atoms with Gasteiger partial charge in [0.1, 0.15) is 11.8 Å². The van der Waals surface area contributed by atoms with Crippen molar-refractivity contribution in [2.75, 3.05) is 18.5 Å². The molecule has 2 aromatic rings. The van der Waals surface area contributed by atoms with Gasteiger partial charge in [-0.1, -0.05) is 0 Å². The Morgan fingerprint density at radius 3 is 3.04 bits per heavy atom. The molecule has 0 aliphatic carbocycles. The topological polar surface area (TPSA) is 86.5 Å². The zero-order valence-electron chi connectivity index (χ0n) is 12.8. The zero-order chi connectivity index (χ0) is 16.9. The standard InChI is InChI=1S/C16H16IN3O4/c17-12-1-2-14(15(8-12)20(21)22)19-9-11-3-5-18-16(7-11)24-13-4-6-23-10-13/h1-3,5,7-8,13,19H,4,6,9-10H2. The van der Waals surface area contributed by atoms with Gasteiger partial charge in [0.05, 0.1) is 18.1 Å². The van der Waals surface area contributed by atoms with Gasteiger partial charge in [-0.3, -0.25) is 10.1 Å². The molecule has 1 aromatic carbocycles. The minimum Gasteiger partial charge on any atom is -0.472 e. The van der Waals surface area contributed by atoms with E-state index in [-0.39, 0.29) is 16.7 Å². The van der Waals surface area contributed by atoms with E-state index in [4.69, 9.17) is 9.47 Å². The predicted molar refractivity (Wildman–Crippen MR) is 97.2 cm³/mol. The van der Waals surface area contributed by atoms with Crippen molar-refractivity contribution < 1.29 is 14.4 Å². The maximum absolute atomic E-state index is 11.2. The molecule has 7 nitrogen and oxygen atoms in total. The van der Waals surface area contributed by atoms with Crippen molar-refractivity contribution in [3.05, 3.63) is 55.8 Å². The summed E-state index contributed by atoms with van der Waals surface area (Å²) in [5.74, 6) is 0.543. The lowest BCUT2D eigenvalue weighted by molar-refractivity contribution is -0.384. The van der Waals surface area contributed by atoms with Crippen molar-refractivity contribution in [1.82, 2.24) is 4.98 Å². The molecule has 1 aromatic heterocycles. The van der Waals surface area contributed by atoms with E-state index in [0.717, 1.165) is 15.6 Å². The zero-order valence-corrected chi connectivity index (χ0v) is 14.9. The van der Waals surface area contributed by atoms with E-state index in [2.05, 4.69) is 32.9 Å². The summed E-state index contributed by atoms with van der Waals surface area (Å²) in [6.45, 7) is 1.74. The van der Waals surface area contributed by atoms with Gasteiger partial charge in [0.25, 0.3) is 5.69 Å². The third-order valence-electron chi connectivity index (χ3n) is 3.61. The van der Waals surface area contributed by atoms with Crippen molar-refractivity contribution in [1.29, 1.82) is 0 Å². The van der Waals surface area contributed by atoms with Crippen LogP contribution in [0.1, 0.15) is 12.0 Å². The molecule has 8 heteroatoms. The van der Waals surface area contributed by atoms with Crippen LogP contribution in [-0.4, -0.2) is 29.2 Å². The van der Waals surface area contributed by atoms with Crippen molar-refractivity contribution in [3.8, 4) is 5.88 Å². The number of hydrogen-bond acceptors (Lipinski definition) is 6. The van der Waals surface area contributed by atoms with Gasteiger partial charge < -0.3 is 14.8 Å². The highest BCUT2D eigenvalue weighted by molar-refractivity contribution is 14.1. The molecule has 1 atom stereocenters. The fourth-order valence-corrected chi connectivity index (χ4v) is 2.88. The molecule has 1 aliphatic heterocycles. The Bertz CT molecular complexity index is 735. The third-order valence-corrected chi connectivity index (χ3v) is 4.29. The number of nitro groups is 1. The van der Waals surface area contributed by atoms with Crippen LogP contribution in [0.15, 0.2) is 36.5 Å². The highest BCUT2D eigenvalue weighted by Crippen LogP contribution is 2.27. The minimum atomic E-state index is -0.383. The Morgan fingerprint density at radius 1 is 1.42 bits per heavy atom. The number of anilines is 1. The van der Waals surface area contributed by atoms with Crippen LogP contribution in [0.25, 0.3) is 0 Å². The Morgan fingerprint density at radius 2 is 2.29 bits per heavy atom. The van der Waals surface area contributed by atoms with Gasteiger partial charge in [-0.05, 0) is 46.4 Å². The molecule has 24 heavy (non-hydrogen) atoms. The van der Waals surface area contributed by atoms with Crippen molar-refractivity contribution >= 4 is 34.0 Å². The van der Waals surface area contributed by atoms with E-state index in [9.17, 15) is 10.1 Å². The van der Waals surface area contributed by atoms with Crippen LogP contribution in [0.5, 0.6) is 5.88 Å². The molecule has 0 amide bonds. The first-order valence-corrected chi connectivity index (χ1v) is 8.57. The molecule has 0 saturated carbocycles. The Labute approximate surface area is 152 Å². The summed E-state index contributed by atoms with van der Waals surface area (Å²) in [6, 6.07) is 8.78. The van der Waals surface area contributed by atoms with Gasteiger partial charge in [0.2, 0.25) is 5.88 Å². The van der Waals surface area contributed by atoms with E-state index in [1.807, 2.05) is 18.2 Å². The van der Waals surface area contributed by atoms with E-state index < -0.39 is 0 Å². The molecule has 0 spiro atoms. The number of nitrogens with one attached hydrogen (secondary N) is 1. The second-order valence-electron chi connectivity index (χ2n) is 5.38. The molecule has 3 rings (SSSR count). The second kappa shape index (κ2) is 7.75. The van der Waals surface area contributed by atoms with Gasteiger partial charge in [0.15, 0.2) is 0 Å². The third kappa shape index (κ3) is 4.32. The largest absolute Gasteiger partial charge is 0.472 e. The number of benzene rings is 1. The number of aromatic nitrogens is 1. The number of ether oxygens (including phenoxy) is 2. The first-order chi connectivity index (χ1) is 11.6. The van der Waals surface area contributed by atoms with Gasteiger partial charge in [-0.15, -0.1) is 0 Å².